The molecule has 0 aliphatic carbocycles. The van der Waals surface area contributed by atoms with E-state index in [0.717, 1.165) is 6.07 Å². The van der Waals surface area contributed by atoms with Crippen LogP contribution in [0.3, 0.4) is 0 Å². The van der Waals surface area contributed by atoms with Crippen LogP contribution >= 0.6 is 0 Å². The lowest BCUT2D eigenvalue weighted by Gasteiger charge is -2.16. The Kier molecular flexibility index (Phi) is 4.04. The van der Waals surface area contributed by atoms with Gasteiger partial charge >= 0.3 is 0 Å². The van der Waals surface area contributed by atoms with Gasteiger partial charge in [0.25, 0.3) is 0 Å². The molecule has 2 N–H and O–H groups in total. The summed E-state index contributed by atoms with van der Waals surface area (Å²) in [6.07, 6.45) is 0.556. The second-order valence-electron chi connectivity index (χ2n) is 4.11. The minimum absolute atomic E-state index is 0.266. The van der Waals surface area contributed by atoms with Crippen molar-refractivity contribution in [3.05, 3.63) is 35.4 Å². The van der Waals surface area contributed by atoms with E-state index in [1.54, 1.807) is 0 Å². The molecular weight excluding hydrogens is 228 g/mol. The number of halogens is 2. The largest absolute Gasteiger partial charge is 0.350 e. The van der Waals surface area contributed by atoms with E-state index in [1.165, 1.54) is 12.1 Å². The molecule has 0 spiro atoms. The summed E-state index contributed by atoms with van der Waals surface area (Å²) in [6, 6.07) is 3.25. The van der Waals surface area contributed by atoms with E-state index in [2.05, 4.69) is 0 Å². The normalized spacial score (nSPS) is 18.5. The lowest BCUT2D eigenvalue weighted by Crippen LogP contribution is -2.29. The summed E-state index contributed by atoms with van der Waals surface area (Å²) in [5.41, 5.74) is 6.29. The first-order valence-corrected chi connectivity index (χ1v) is 5.58. The summed E-state index contributed by atoms with van der Waals surface area (Å²) in [6.45, 7) is 1.14. The average molecular weight is 243 g/mol. The summed E-state index contributed by atoms with van der Waals surface area (Å²) in [4.78, 5) is 0. The van der Waals surface area contributed by atoms with Crippen LogP contribution in [0.25, 0.3) is 0 Å². The van der Waals surface area contributed by atoms with Crippen LogP contribution in [0.2, 0.25) is 0 Å². The highest BCUT2D eigenvalue weighted by molar-refractivity contribution is 5.19. The van der Waals surface area contributed by atoms with E-state index >= 15 is 0 Å². The zero-order valence-electron chi connectivity index (χ0n) is 9.36. The van der Waals surface area contributed by atoms with Gasteiger partial charge in [0.15, 0.2) is 6.29 Å². The molecule has 5 heteroatoms. The molecule has 2 rings (SSSR count). The number of hydrogen-bond acceptors (Lipinski definition) is 3. The average Bonchev–Trinajstić information content (AvgIpc) is 2.75. The first kappa shape index (κ1) is 12.4. The molecule has 1 fully saturated rings. The number of ether oxygens (including phenoxy) is 2. The Morgan fingerprint density at radius 1 is 1.29 bits per heavy atom. The van der Waals surface area contributed by atoms with Crippen molar-refractivity contribution >= 4 is 0 Å². The maximum Gasteiger partial charge on any atom is 0.159 e. The van der Waals surface area contributed by atoms with E-state index in [4.69, 9.17) is 15.2 Å². The van der Waals surface area contributed by atoms with Gasteiger partial charge in [-0.15, -0.1) is 0 Å². The molecule has 1 aliphatic heterocycles. The van der Waals surface area contributed by atoms with Crippen LogP contribution in [-0.2, 0) is 15.9 Å². The minimum Gasteiger partial charge on any atom is -0.350 e. The second kappa shape index (κ2) is 5.53. The fourth-order valence-corrected chi connectivity index (χ4v) is 1.84. The molecule has 0 aromatic heterocycles. The van der Waals surface area contributed by atoms with Gasteiger partial charge in [-0.2, -0.15) is 0 Å². The van der Waals surface area contributed by atoms with Gasteiger partial charge in [-0.1, -0.05) is 6.07 Å². The molecule has 94 valence electrons. The summed E-state index contributed by atoms with van der Waals surface area (Å²) in [5.74, 6) is -1.14. The third-order valence-electron chi connectivity index (χ3n) is 2.68. The summed E-state index contributed by atoms with van der Waals surface area (Å²) in [7, 11) is 0. The van der Waals surface area contributed by atoms with Gasteiger partial charge in [0.05, 0.1) is 13.2 Å². The number of hydrogen-bond donors (Lipinski definition) is 1. The van der Waals surface area contributed by atoms with E-state index < -0.39 is 11.6 Å². The summed E-state index contributed by atoms with van der Waals surface area (Å²) >= 11 is 0. The van der Waals surface area contributed by atoms with Crippen molar-refractivity contribution in [2.75, 3.05) is 13.2 Å². The van der Waals surface area contributed by atoms with Gasteiger partial charge in [-0.05, 0) is 18.1 Å². The van der Waals surface area contributed by atoms with Gasteiger partial charge in [-0.3, -0.25) is 0 Å². The Bertz CT molecular complexity index is 381. The topological polar surface area (TPSA) is 44.5 Å². The maximum atomic E-state index is 13.4. The van der Waals surface area contributed by atoms with E-state index in [1.807, 2.05) is 0 Å². The van der Waals surface area contributed by atoms with Gasteiger partial charge in [0.2, 0.25) is 0 Å². The van der Waals surface area contributed by atoms with Crippen molar-refractivity contribution in [3.63, 3.8) is 0 Å². The molecule has 1 heterocycles. The van der Waals surface area contributed by atoms with E-state index in [9.17, 15) is 8.78 Å². The second-order valence-corrected chi connectivity index (χ2v) is 4.11. The van der Waals surface area contributed by atoms with Crippen LogP contribution in [0.15, 0.2) is 18.2 Å². The van der Waals surface area contributed by atoms with Crippen molar-refractivity contribution in [3.8, 4) is 0 Å². The van der Waals surface area contributed by atoms with Crippen LogP contribution in [0, 0.1) is 11.6 Å². The first-order chi connectivity index (χ1) is 8.15. The fourth-order valence-electron chi connectivity index (χ4n) is 1.84. The van der Waals surface area contributed by atoms with Crippen molar-refractivity contribution in [1.82, 2.24) is 0 Å². The van der Waals surface area contributed by atoms with Gasteiger partial charge < -0.3 is 15.2 Å². The Morgan fingerprint density at radius 3 is 2.65 bits per heavy atom. The van der Waals surface area contributed by atoms with Gasteiger partial charge in [0.1, 0.15) is 11.6 Å². The molecule has 0 saturated carbocycles. The molecule has 1 saturated heterocycles. The zero-order valence-corrected chi connectivity index (χ0v) is 9.36. The highest BCUT2D eigenvalue weighted by Crippen LogP contribution is 2.15. The summed E-state index contributed by atoms with van der Waals surface area (Å²) < 4.78 is 36.6. The quantitative estimate of drug-likeness (QED) is 0.873. The molecule has 0 amide bonds. The number of benzene rings is 1. The molecule has 1 atom stereocenters. The molecule has 1 aliphatic rings. The van der Waals surface area contributed by atoms with E-state index in [-0.39, 0.29) is 12.3 Å². The Hall–Kier alpha value is -1.04. The fraction of sp³-hybridized carbons (Fsp3) is 0.500. The SMILES string of the molecule is NC(Cc1ccc(F)cc1F)CC1OCCO1. The Balaban J connectivity index is 1.90. The Labute approximate surface area is 98.5 Å². The lowest BCUT2D eigenvalue weighted by atomic mass is 10.0. The van der Waals surface area contributed by atoms with Crippen LogP contribution < -0.4 is 5.73 Å². The highest BCUT2D eigenvalue weighted by atomic mass is 19.1. The monoisotopic (exact) mass is 243 g/mol. The zero-order chi connectivity index (χ0) is 12.3. The van der Waals surface area contributed by atoms with Crippen molar-refractivity contribution in [2.45, 2.75) is 25.2 Å². The van der Waals surface area contributed by atoms with Crippen LogP contribution in [0.5, 0.6) is 0 Å². The predicted molar refractivity (Wildman–Crippen MR) is 58.3 cm³/mol. The Morgan fingerprint density at radius 2 is 2.00 bits per heavy atom. The third kappa shape index (κ3) is 3.46. The standard InChI is InChI=1S/C12H15F2NO2/c13-9-2-1-8(11(14)6-9)5-10(15)7-12-16-3-4-17-12/h1-2,6,10,12H,3-5,7,15H2. The molecule has 0 radical (unpaired) electrons. The van der Waals surface area contributed by atoms with Crippen molar-refractivity contribution in [1.29, 1.82) is 0 Å². The molecule has 3 nitrogen and oxygen atoms in total. The van der Waals surface area contributed by atoms with Gasteiger partial charge in [-0.25, -0.2) is 8.78 Å². The van der Waals surface area contributed by atoms with Crippen molar-refractivity contribution < 1.29 is 18.3 Å². The predicted octanol–water partition coefficient (Wildman–Crippen LogP) is 1.60. The molecule has 1 unspecified atom stereocenters. The smallest absolute Gasteiger partial charge is 0.159 e. The summed E-state index contributed by atoms with van der Waals surface area (Å²) in [5, 5.41) is 0. The van der Waals surface area contributed by atoms with Crippen molar-refractivity contribution in [2.24, 2.45) is 5.73 Å². The maximum absolute atomic E-state index is 13.4. The first-order valence-electron chi connectivity index (χ1n) is 5.58. The van der Waals surface area contributed by atoms with E-state index in [0.29, 0.717) is 31.6 Å². The number of nitrogens with two attached hydrogens (primary N) is 1. The molecule has 0 bridgehead atoms. The van der Waals surface area contributed by atoms with Crippen LogP contribution in [-0.4, -0.2) is 25.5 Å². The molecule has 1 aromatic rings. The van der Waals surface area contributed by atoms with Crippen LogP contribution in [0.4, 0.5) is 8.78 Å². The lowest BCUT2D eigenvalue weighted by molar-refractivity contribution is -0.0505. The third-order valence-corrected chi connectivity index (χ3v) is 2.68. The molecular formula is C12H15F2NO2. The molecule has 1 aromatic carbocycles. The minimum atomic E-state index is -0.581. The van der Waals surface area contributed by atoms with Crippen LogP contribution in [0.1, 0.15) is 12.0 Å². The van der Waals surface area contributed by atoms with Gasteiger partial charge in [0, 0.05) is 18.5 Å². The highest BCUT2D eigenvalue weighted by Gasteiger charge is 2.20. The molecule has 17 heavy (non-hydrogen) atoms. The number of rotatable bonds is 4.